The molecule has 0 bridgehead atoms. The van der Waals surface area contributed by atoms with Crippen LogP contribution < -0.4 is 5.73 Å². The lowest BCUT2D eigenvalue weighted by molar-refractivity contribution is 0.759. The summed E-state index contributed by atoms with van der Waals surface area (Å²) in [5, 5.41) is 0. The maximum absolute atomic E-state index is 5.95. The van der Waals surface area contributed by atoms with Crippen molar-refractivity contribution in [2.24, 2.45) is 5.92 Å². The minimum absolute atomic E-state index is 0.574. The topological polar surface area (TPSA) is 26.0 Å². The molecule has 0 radical (unpaired) electrons. The summed E-state index contributed by atoms with van der Waals surface area (Å²) < 4.78 is 0. The fourth-order valence-electron chi connectivity index (χ4n) is 1.86. The van der Waals surface area contributed by atoms with Crippen LogP contribution in [-0.4, -0.2) is 0 Å². The second kappa shape index (κ2) is 3.70. The van der Waals surface area contributed by atoms with Crippen LogP contribution in [0.15, 0.2) is 42.5 Å². The lowest BCUT2D eigenvalue weighted by Gasteiger charge is -2.18. The zero-order chi connectivity index (χ0) is 9.97. The van der Waals surface area contributed by atoms with Crippen molar-refractivity contribution < 1.29 is 0 Å². The maximum Gasteiger partial charge on any atom is 0.0390 e. The third kappa shape index (κ3) is 1.58. The van der Waals surface area contributed by atoms with Gasteiger partial charge in [-0.3, -0.25) is 0 Å². The van der Waals surface area contributed by atoms with Gasteiger partial charge in [0.25, 0.3) is 0 Å². The van der Waals surface area contributed by atoms with E-state index >= 15 is 0 Å². The fourth-order valence-corrected chi connectivity index (χ4v) is 1.86. The molecule has 1 aliphatic carbocycles. The zero-order valence-corrected chi connectivity index (χ0v) is 8.40. The summed E-state index contributed by atoms with van der Waals surface area (Å²) in [7, 11) is 0. The number of nitrogen functional groups attached to an aromatic ring is 1. The van der Waals surface area contributed by atoms with Crippen LogP contribution in [0.4, 0.5) is 5.69 Å². The van der Waals surface area contributed by atoms with Crippen molar-refractivity contribution in [3.05, 3.63) is 48.1 Å². The third-order valence-corrected chi connectivity index (χ3v) is 2.70. The first kappa shape index (κ1) is 9.07. The maximum atomic E-state index is 5.95. The normalized spacial score (nSPS) is 20.6. The molecule has 0 spiro atoms. The van der Waals surface area contributed by atoms with Gasteiger partial charge in [0, 0.05) is 11.3 Å². The van der Waals surface area contributed by atoms with Crippen molar-refractivity contribution in [2.45, 2.75) is 13.3 Å². The summed E-state index contributed by atoms with van der Waals surface area (Å²) >= 11 is 0. The van der Waals surface area contributed by atoms with Gasteiger partial charge in [0.15, 0.2) is 0 Å². The highest BCUT2D eigenvalue weighted by molar-refractivity contribution is 5.77. The largest absolute Gasteiger partial charge is 0.398 e. The molecule has 14 heavy (non-hydrogen) atoms. The molecule has 1 aromatic rings. The van der Waals surface area contributed by atoms with Gasteiger partial charge in [-0.1, -0.05) is 43.4 Å². The molecule has 1 nitrogen and oxygen atoms in total. The highest BCUT2D eigenvalue weighted by atomic mass is 14.6. The van der Waals surface area contributed by atoms with Gasteiger partial charge in [0.2, 0.25) is 0 Å². The predicted octanol–water partition coefficient (Wildman–Crippen LogP) is 3.25. The Kier molecular flexibility index (Phi) is 2.40. The van der Waals surface area contributed by atoms with Gasteiger partial charge >= 0.3 is 0 Å². The molecular weight excluding hydrogens is 170 g/mol. The molecule has 0 saturated carbocycles. The average molecular weight is 185 g/mol. The number of nitrogens with two attached hydrogens (primary N) is 1. The Morgan fingerprint density at radius 1 is 1.29 bits per heavy atom. The van der Waals surface area contributed by atoms with Crippen molar-refractivity contribution in [1.82, 2.24) is 0 Å². The molecule has 1 atom stereocenters. The molecule has 0 amide bonds. The minimum Gasteiger partial charge on any atom is -0.398 e. The number of hydrogen-bond acceptors (Lipinski definition) is 1. The summed E-state index contributed by atoms with van der Waals surface area (Å²) in [5.41, 5.74) is 9.36. The van der Waals surface area contributed by atoms with E-state index in [1.165, 1.54) is 11.1 Å². The van der Waals surface area contributed by atoms with Crippen LogP contribution in [0.25, 0.3) is 5.57 Å². The monoisotopic (exact) mass is 185 g/mol. The van der Waals surface area contributed by atoms with E-state index in [4.69, 9.17) is 5.73 Å². The molecule has 1 aromatic carbocycles. The quantitative estimate of drug-likeness (QED) is 0.668. The van der Waals surface area contributed by atoms with Crippen molar-refractivity contribution in [2.75, 3.05) is 5.73 Å². The van der Waals surface area contributed by atoms with Crippen LogP contribution in [-0.2, 0) is 0 Å². The molecule has 1 aliphatic rings. The number of rotatable bonds is 1. The molecule has 1 unspecified atom stereocenters. The summed E-state index contributed by atoms with van der Waals surface area (Å²) in [6.07, 6.45) is 7.59. The average Bonchev–Trinajstić information content (AvgIpc) is 2.20. The Labute approximate surface area is 84.9 Å². The van der Waals surface area contributed by atoms with E-state index in [1.807, 2.05) is 18.2 Å². The molecule has 0 saturated heterocycles. The third-order valence-electron chi connectivity index (χ3n) is 2.70. The van der Waals surface area contributed by atoms with Crippen LogP contribution in [0.2, 0.25) is 0 Å². The molecule has 2 rings (SSSR count). The van der Waals surface area contributed by atoms with Crippen LogP contribution in [0.5, 0.6) is 0 Å². The molecule has 0 fully saturated rings. The molecular formula is C13H15N. The SMILES string of the molecule is CC1CC=CC=C1c1ccccc1N. The first-order chi connectivity index (χ1) is 6.79. The zero-order valence-electron chi connectivity index (χ0n) is 8.40. The summed E-state index contributed by atoms with van der Waals surface area (Å²) in [6.45, 7) is 2.24. The van der Waals surface area contributed by atoms with E-state index in [-0.39, 0.29) is 0 Å². The number of benzene rings is 1. The van der Waals surface area contributed by atoms with E-state index < -0.39 is 0 Å². The first-order valence-electron chi connectivity index (χ1n) is 5.00. The highest BCUT2D eigenvalue weighted by Gasteiger charge is 2.13. The van der Waals surface area contributed by atoms with E-state index in [9.17, 15) is 0 Å². The van der Waals surface area contributed by atoms with Gasteiger partial charge in [0.05, 0.1) is 0 Å². The second-order valence-electron chi connectivity index (χ2n) is 3.77. The number of hydrogen-bond donors (Lipinski definition) is 1. The van der Waals surface area contributed by atoms with Gasteiger partial charge in [-0.25, -0.2) is 0 Å². The fraction of sp³-hybridized carbons (Fsp3) is 0.231. The molecule has 0 heterocycles. The van der Waals surface area contributed by atoms with Crippen LogP contribution in [0.1, 0.15) is 18.9 Å². The van der Waals surface area contributed by atoms with Gasteiger partial charge in [-0.2, -0.15) is 0 Å². The van der Waals surface area contributed by atoms with E-state index in [2.05, 4.69) is 31.2 Å². The Morgan fingerprint density at radius 2 is 2.07 bits per heavy atom. The summed E-state index contributed by atoms with van der Waals surface area (Å²) in [4.78, 5) is 0. The van der Waals surface area contributed by atoms with Crippen molar-refractivity contribution in [1.29, 1.82) is 0 Å². The molecule has 1 heteroatoms. The lowest BCUT2D eigenvalue weighted by atomic mass is 9.87. The summed E-state index contributed by atoms with van der Waals surface area (Å²) in [5.74, 6) is 0.574. The van der Waals surface area contributed by atoms with Crippen molar-refractivity contribution in [3.63, 3.8) is 0 Å². The van der Waals surface area contributed by atoms with E-state index in [1.54, 1.807) is 0 Å². The van der Waals surface area contributed by atoms with Crippen LogP contribution in [0, 0.1) is 5.92 Å². The van der Waals surface area contributed by atoms with Gasteiger partial charge in [-0.05, 0) is 24.0 Å². The van der Waals surface area contributed by atoms with Gasteiger partial charge in [0.1, 0.15) is 0 Å². The van der Waals surface area contributed by atoms with Crippen molar-refractivity contribution >= 4 is 11.3 Å². The Morgan fingerprint density at radius 3 is 2.79 bits per heavy atom. The molecule has 72 valence electrons. The Balaban J connectivity index is 2.44. The molecule has 2 N–H and O–H groups in total. The Hall–Kier alpha value is -1.50. The molecule has 0 aromatic heterocycles. The second-order valence-corrected chi connectivity index (χ2v) is 3.77. The van der Waals surface area contributed by atoms with Gasteiger partial charge < -0.3 is 5.73 Å². The predicted molar refractivity (Wildman–Crippen MR) is 61.8 cm³/mol. The Bertz CT molecular complexity index is 388. The van der Waals surface area contributed by atoms with E-state index in [0.717, 1.165) is 12.1 Å². The standard InChI is InChI=1S/C13H15N/c1-10-6-2-3-7-11(10)12-8-4-5-9-13(12)14/h2-5,7-10H,6,14H2,1H3. The van der Waals surface area contributed by atoms with Gasteiger partial charge in [-0.15, -0.1) is 0 Å². The number of allylic oxidation sites excluding steroid dienone is 4. The van der Waals surface area contributed by atoms with Crippen LogP contribution >= 0.6 is 0 Å². The van der Waals surface area contributed by atoms with E-state index in [0.29, 0.717) is 5.92 Å². The number of anilines is 1. The lowest BCUT2D eigenvalue weighted by Crippen LogP contribution is -2.03. The first-order valence-corrected chi connectivity index (χ1v) is 5.00. The van der Waals surface area contributed by atoms with Crippen molar-refractivity contribution in [3.8, 4) is 0 Å². The minimum atomic E-state index is 0.574. The highest BCUT2D eigenvalue weighted by Crippen LogP contribution is 2.32. The smallest absolute Gasteiger partial charge is 0.0390 e. The summed E-state index contributed by atoms with van der Waals surface area (Å²) in [6, 6.07) is 8.07. The van der Waals surface area contributed by atoms with Crippen LogP contribution in [0.3, 0.4) is 0 Å². The number of para-hydroxylation sites is 1. The molecule has 0 aliphatic heterocycles.